The lowest BCUT2D eigenvalue weighted by atomic mass is 9.99. The van der Waals surface area contributed by atoms with E-state index in [4.69, 9.17) is 24.3 Å². The first-order valence-corrected chi connectivity index (χ1v) is 16.5. The molecule has 2 heterocycles. The number of esters is 2. The Morgan fingerprint density at radius 1 is 1.18 bits per heavy atom. The first-order chi connectivity index (χ1) is 21.5. The fourth-order valence-electron chi connectivity index (χ4n) is 4.94. The molecule has 0 aliphatic heterocycles. The summed E-state index contributed by atoms with van der Waals surface area (Å²) in [6, 6.07) is 7.41. The molecular weight excluding hydrogens is 603 g/mol. The minimum Gasteiger partial charge on any atom is -0.465 e. The molecule has 15 heteroatoms. The summed E-state index contributed by atoms with van der Waals surface area (Å²) < 4.78 is 38.4. The molecule has 1 fully saturated rings. The number of para-hydroxylation sites is 1. The summed E-state index contributed by atoms with van der Waals surface area (Å²) in [6.07, 6.45) is 7.35. The first-order valence-electron chi connectivity index (χ1n) is 15.0. The number of ether oxygens (including phenoxy) is 2. The number of fused-ring (bicyclic) bond motifs is 1. The van der Waals surface area contributed by atoms with Crippen LogP contribution in [0.25, 0.3) is 17.4 Å². The number of nitrogens with zero attached hydrogens (tertiary/aromatic N) is 3. The minimum absolute atomic E-state index is 0.0677. The quantitative estimate of drug-likeness (QED) is 0.139. The number of nitrogens with one attached hydrogen (secondary N) is 2. The van der Waals surface area contributed by atoms with E-state index in [1.807, 2.05) is 0 Å². The third-order valence-electron chi connectivity index (χ3n) is 7.42. The molecule has 4 N–H and O–H groups in total. The molecule has 0 saturated heterocycles. The number of nitrogens with two attached hydrogens (primary N) is 1. The van der Waals surface area contributed by atoms with Gasteiger partial charge in [0.2, 0.25) is 5.95 Å². The number of rotatable bonds is 17. The van der Waals surface area contributed by atoms with Crippen molar-refractivity contribution in [3.05, 3.63) is 52.6 Å². The van der Waals surface area contributed by atoms with Gasteiger partial charge in [-0.15, -0.1) is 0 Å². The third kappa shape index (κ3) is 9.03. The van der Waals surface area contributed by atoms with Crippen LogP contribution in [0.5, 0.6) is 5.75 Å². The maximum atomic E-state index is 14.2. The van der Waals surface area contributed by atoms with Gasteiger partial charge in [-0.1, -0.05) is 44.9 Å². The molecular formula is C30H41N6O8P. The third-order valence-corrected chi connectivity index (χ3v) is 9.05. The molecule has 14 nitrogen and oxygen atoms in total. The summed E-state index contributed by atoms with van der Waals surface area (Å²) in [5.41, 5.74) is 5.46. The molecule has 1 aromatic carbocycles. The molecule has 1 unspecified atom stereocenters. The molecule has 3 aromatic rings. The predicted octanol–water partition coefficient (Wildman–Crippen LogP) is 4.44. The zero-order valence-corrected chi connectivity index (χ0v) is 26.9. The Hall–Kier alpha value is -4.00. The van der Waals surface area contributed by atoms with Crippen LogP contribution in [0.4, 0.5) is 5.95 Å². The molecule has 3 atom stereocenters. The van der Waals surface area contributed by atoms with E-state index in [0.717, 1.165) is 31.3 Å². The second-order valence-electron chi connectivity index (χ2n) is 11.3. The van der Waals surface area contributed by atoms with Crippen LogP contribution in [0.15, 0.2) is 47.0 Å². The Morgan fingerprint density at radius 3 is 2.56 bits per heavy atom. The van der Waals surface area contributed by atoms with E-state index in [-0.39, 0.29) is 48.6 Å². The van der Waals surface area contributed by atoms with Gasteiger partial charge in [-0.25, -0.2) is 9.55 Å². The van der Waals surface area contributed by atoms with Crippen LogP contribution >= 0.6 is 7.75 Å². The molecule has 45 heavy (non-hydrogen) atoms. The molecule has 1 aliphatic rings. The average molecular weight is 645 g/mol. The van der Waals surface area contributed by atoms with E-state index in [9.17, 15) is 18.9 Å². The topological polar surface area (TPSA) is 190 Å². The van der Waals surface area contributed by atoms with Gasteiger partial charge in [0.05, 0.1) is 18.6 Å². The lowest BCUT2D eigenvalue weighted by Gasteiger charge is -2.25. The van der Waals surface area contributed by atoms with E-state index >= 15 is 0 Å². The van der Waals surface area contributed by atoms with Gasteiger partial charge in [-0.2, -0.15) is 10.1 Å². The molecule has 0 spiro atoms. The van der Waals surface area contributed by atoms with Crippen molar-refractivity contribution in [2.24, 2.45) is 11.3 Å². The van der Waals surface area contributed by atoms with Crippen LogP contribution in [0.3, 0.4) is 0 Å². The number of carbonyl (C=O) groups is 2. The van der Waals surface area contributed by atoms with Crippen molar-refractivity contribution >= 4 is 43.0 Å². The van der Waals surface area contributed by atoms with Crippen LogP contribution in [-0.4, -0.2) is 57.3 Å². The predicted molar refractivity (Wildman–Crippen MR) is 168 cm³/mol. The van der Waals surface area contributed by atoms with E-state index in [0.29, 0.717) is 6.42 Å². The van der Waals surface area contributed by atoms with Crippen molar-refractivity contribution in [3.8, 4) is 5.75 Å². The number of anilines is 1. The van der Waals surface area contributed by atoms with Gasteiger partial charge in [0, 0.05) is 13.1 Å². The highest BCUT2D eigenvalue weighted by Crippen LogP contribution is 2.56. The summed E-state index contributed by atoms with van der Waals surface area (Å²) in [5.74, 6) is -0.639. The van der Waals surface area contributed by atoms with Crippen LogP contribution < -0.4 is 20.9 Å². The molecule has 0 bridgehead atoms. The van der Waals surface area contributed by atoms with E-state index in [2.05, 4.69) is 33.9 Å². The number of benzene rings is 1. The van der Waals surface area contributed by atoms with Crippen molar-refractivity contribution < 1.29 is 32.7 Å². The van der Waals surface area contributed by atoms with Crippen LogP contribution in [0.1, 0.15) is 59.8 Å². The maximum absolute atomic E-state index is 14.2. The molecule has 1 aliphatic carbocycles. The Labute approximate surface area is 261 Å². The zero-order chi connectivity index (χ0) is 32.6. The van der Waals surface area contributed by atoms with Crippen molar-refractivity contribution in [2.45, 2.75) is 65.8 Å². The van der Waals surface area contributed by atoms with E-state index in [1.54, 1.807) is 36.5 Å². The number of hydrogen-bond acceptors (Lipinski definition) is 11. The van der Waals surface area contributed by atoms with Gasteiger partial charge in [0.15, 0.2) is 11.2 Å². The summed E-state index contributed by atoms with van der Waals surface area (Å²) in [6.45, 7) is 6.99. The number of hydrogen-bond donors (Lipinski definition) is 3. The molecule has 1 saturated carbocycles. The number of aromatic nitrogens is 4. The largest absolute Gasteiger partial charge is 0.465 e. The van der Waals surface area contributed by atoms with Gasteiger partial charge in [-0.3, -0.25) is 28.5 Å². The van der Waals surface area contributed by atoms with Crippen LogP contribution in [0.2, 0.25) is 0 Å². The van der Waals surface area contributed by atoms with E-state index in [1.165, 1.54) is 24.7 Å². The van der Waals surface area contributed by atoms with Gasteiger partial charge < -0.3 is 19.7 Å². The second-order valence-corrected chi connectivity index (χ2v) is 13.0. The van der Waals surface area contributed by atoms with Gasteiger partial charge in [0.1, 0.15) is 24.7 Å². The smallest absolute Gasteiger partial charge is 0.459 e. The van der Waals surface area contributed by atoms with Crippen molar-refractivity contribution in [1.29, 1.82) is 0 Å². The van der Waals surface area contributed by atoms with Crippen molar-refractivity contribution in [2.75, 3.05) is 25.6 Å². The maximum Gasteiger partial charge on any atom is 0.459 e. The number of aromatic amines is 1. The Balaban J connectivity index is 1.54. The van der Waals surface area contributed by atoms with E-state index < -0.39 is 36.7 Å². The molecule has 0 radical (unpaired) electrons. The monoisotopic (exact) mass is 644 g/mol. The highest BCUT2D eigenvalue weighted by molar-refractivity contribution is 7.52. The molecule has 4 rings (SSSR count). The van der Waals surface area contributed by atoms with Crippen molar-refractivity contribution in [1.82, 2.24) is 24.6 Å². The summed E-state index contributed by atoms with van der Waals surface area (Å²) >= 11 is 0. The summed E-state index contributed by atoms with van der Waals surface area (Å²) in [5, 5.41) is 2.72. The van der Waals surface area contributed by atoms with Gasteiger partial charge in [0.25, 0.3) is 5.56 Å². The Morgan fingerprint density at radius 2 is 1.89 bits per heavy atom. The van der Waals surface area contributed by atoms with Crippen molar-refractivity contribution in [3.63, 3.8) is 0 Å². The average Bonchev–Trinajstić information content (AvgIpc) is 3.53. The minimum atomic E-state index is -4.19. The van der Waals surface area contributed by atoms with Gasteiger partial charge in [-0.05, 0) is 49.8 Å². The lowest BCUT2D eigenvalue weighted by Crippen LogP contribution is -2.36. The summed E-state index contributed by atoms with van der Waals surface area (Å²) in [4.78, 5) is 47.6. The fraction of sp³-hybridized carbons (Fsp3) is 0.500. The molecule has 0 amide bonds. The standard InChI is InChI=1S/C30H41N6O8P/c1-5-10-22(11-6-2)16-41-28(39)20(3)35-45(40,44-24-12-8-7-9-13-24)43-18-30(17-42-21(4)37)14-23(30)15-36-19-32-25-26(36)33-29(31)34-27(25)38/h7-9,12-13,15,19-20,22H,5-6,10-11,14,16-18H2,1-4H3,(H,35,40)(H3,31,33,34,38)/b23-15-/t20-,30+,45?/m0/s1. The number of carbonyl (C=O) groups excluding carboxylic acids is 2. The number of H-pyrrole nitrogens is 1. The normalized spacial score (nSPS) is 18.9. The highest BCUT2D eigenvalue weighted by atomic mass is 31.2. The second kappa shape index (κ2) is 14.9. The van der Waals surface area contributed by atoms with Crippen LogP contribution in [-0.2, 0) is 28.2 Å². The highest BCUT2D eigenvalue weighted by Gasteiger charge is 2.52. The molecule has 244 valence electrons. The lowest BCUT2D eigenvalue weighted by molar-refractivity contribution is -0.147. The van der Waals surface area contributed by atoms with Crippen LogP contribution in [0, 0.1) is 11.3 Å². The van der Waals surface area contributed by atoms with Gasteiger partial charge >= 0.3 is 19.7 Å². The molecule has 2 aromatic heterocycles. The fourth-order valence-corrected chi connectivity index (χ4v) is 6.51. The SMILES string of the molecule is CCCC(CCC)COC(=O)[C@H](C)NP(=O)(OC[C@]1(COC(C)=O)C/C1=C/n1cnc2c(=O)[nH]c(N)nc21)Oc1ccccc1. The first kappa shape index (κ1) is 33.9. The number of imidazole rings is 1. The number of nitrogen functional groups attached to an aromatic ring is 1. The zero-order valence-electron chi connectivity index (χ0n) is 26.0. The Bertz CT molecular complexity index is 1620. The summed E-state index contributed by atoms with van der Waals surface area (Å²) in [7, 11) is -4.19. The Kier molecular flexibility index (Phi) is 11.2.